The van der Waals surface area contributed by atoms with Gasteiger partial charge in [0, 0.05) is 18.5 Å². The Kier molecular flexibility index (Phi) is 6.46. The molecule has 1 saturated carbocycles. The van der Waals surface area contributed by atoms with Crippen LogP contribution in [-0.2, 0) is 4.79 Å². The van der Waals surface area contributed by atoms with E-state index >= 15 is 0 Å². The smallest absolute Gasteiger partial charge is 0.223 e. The summed E-state index contributed by atoms with van der Waals surface area (Å²) in [5.41, 5.74) is 5.81. The van der Waals surface area contributed by atoms with Crippen LogP contribution in [-0.4, -0.2) is 18.5 Å². The van der Waals surface area contributed by atoms with Gasteiger partial charge >= 0.3 is 0 Å². The highest BCUT2D eigenvalue weighted by Crippen LogP contribution is 2.22. The maximum absolute atomic E-state index is 11.9. The molecule has 0 heterocycles. The Labute approximate surface area is 99.2 Å². The molecule has 1 fully saturated rings. The van der Waals surface area contributed by atoms with Crippen molar-refractivity contribution >= 4 is 5.91 Å². The van der Waals surface area contributed by atoms with Gasteiger partial charge in [0.05, 0.1) is 0 Å². The molecular formula is C13H26N2O. The number of rotatable bonds is 5. The molecule has 0 aromatic heterocycles. The molecule has 0 saturated heterocycles. The molecule has 1 aliphatic carbocycles. The van der Waals surface area contributed by atoms with Gasteiger partial charge in [0.1, 0.15) is 0 Å². The van der Waals surface area contributed by atoms with Crippen molar-refractivity contribution in [3.63, 3.8) is 0 Å². The predicted octanol–water partition coefficient (Wildman–Crippen LogP) is 2.20. The van der Waals surface area contributed by atoms with Crippen molar-refractivity contribution in [2.75, 3.05) is 6.54 Å². The lowest BCUT2D eigenvalue weighted by molar-refractivity contribution is -0.125. The highest BCUT2D eigenvalue weighted by molar-refractivity contribution is 5.78. The second kappa shape index (κ2) is 7.66. The van der Waals surface area contributed by atoms with Gasteiger partial charge < -0.3 is 11.1 Å². The zero-order valence-electron chi connectivity index (χ0n) is 10.5. The van der Waals surface area contributed by atoms with Crippen molar-refractivity contribution < 1.29 is 4.79 Å². The number of nitrogens with one attached hydrogen (secondary N) is 1. The van der Waals surface area contributed by atoms with Crippen molar-refractivity contribution in [2.24, 2.45) is 11.7 Å². The number of carbonyl (C=O) groups excluding carboxylic acids is 1. The predicted molar refractivity (Wildman–Crippen MR) is 67.1 cm³/mol. The molecule has 1 aliphatic rings. The van der Waals surface area contributed by atoms with E-state index in [-0.39, 0.29) is 17.9 Å². The number of hydrogen-bond acceptors (Lipinski definition) is 2. The Morgan fingerprint density at radius 2 is 1.94 bits per heavy atom. The molecule has 1 amide bonds. The minimum absolute atomic E-state index is 0.231. The maximum Gasteiger partial charge on any atom is 0.223 e. The maximum atomic E-state index is 11.9. The molecule has 1 rings (SSSR count). The van der Waals surface area contributed by atoms with Gasteiger partial charge in [-0.2, -0.15) is 0 Å². The molecule has 3 N–H and O–H groups in total. The Hall–Kier alpha value is -0.570. The third kappa shape index (κ3) is 4.97. The van der Waals surface area contributed by atoms with Gasteiger partial charge in [0.2, 0.25) is 5.91 Å². The van der Waals surface area contributed by atoms with Crippen LogP contribution in [0.1, 0.15) is 58.3 Å². The van der Waals surface area contributed by atoms with Gasteiger partial charge in [-0.05, 0) is 25.7 Å². The SMILES string of the molecule is CCC(N)CCNC(=O)C1CCCCCC1. The van der Waals surface area contributed by atoms with Crippen LogP contribution in [0.15, 0.2) is 0 Å². The zero-order chi connectivity index (χ0) is 11.8. The molecule has 0 spiro atoms. The Morgan fingerprint density at radius 3 is 2.50 bits per heavy atom. The summed E-state index contributed by atoms with van der Waals surface area (Å²) in [6, 6.07) is 0.231. The van der Waals surface area contributed by atoms with Crippen LogP contribution in [0, 0.1) is 5.92 Å². The Balaban J connectivity index is 2.17. The summed E-state index contributed by atoms with van der Waals surface area (Å²) < 4.78 is 0. The number of amides is 1. The minimum Gasteiger partial charge on any atom is -0.356 e. The summed E-state index contributed by atoms with van der Waals surface area (Å²) in [4.78, 5) is 11.9. The lowest BCUT2D eigenvalue weighted by atomic mass is 9.99. The monoisotopic (exact) mass is 226 g/mol. The number of carbonyl (C=O) groups is 1. The first kappa shape index (κ1) is 13.5. The van der Waals surface area contributed by atoms with E-state index < -0.39 is 0 Å². The minimum atomic E-state index is 0.231. The van der Waals surface area contributed by atoms with Crippen LogP contribution in [0.25, 0.3) is 0 Å². The van der Waals surface area contributed by atoms with Gasteiger partial charge in [0.15, 0.2) is 0 Å². The first-order valence-corrected chi connectivity index (χ1v) is 6.77. The van der Waals surface area contributed by atoms with Gasteiger partial charge in [-0.3, -0.25) is 4.79 Å². The molecule has 1 atom stereocenters. The van der Waals surface area contributed by atoms with Crippen LogP contribution >= 0.6 is 0 Å². The second-order valence-corrected chi connectivity index (χ2v) is 4.94. The summed E-state index contributed by atoms with van der Waals surface area (Å²) in [6.07, 6.45) is 9.06. The highest BCUT2D eigenvalue weighted by atomic mass is 16.1. The third-order valence-electron chi connectivity index (χ3n) is 3.56. The van der Waals surface area contributed by atoms with Crippen LogP contribution < -0.4 is 11.1 Å². The fraction of sp³-hybridized carbons (Fsp3) is 0.923. The Morgan fingerprint density at radius 1 is 1.31 bits per heavy atom. The molecule has 3 heteroatoms. The molecule has 16 heavy (non-hydrogen) atoms. The zero-order valence-corrected chi connectivity index (χ0v) is 10.5. The fourth-order valence-corrected chi connectivity index (χ4v) is 2.27. The first-order chi connectivity index (χ1) is 7.74. The first-order valence-electron chi connectivity index (χ1n) is 6.77. The fourth-order valence-electron chi connectivity index (χ4n) is 2.27. The van der Waals surface area contributed by atoms with E-state index in [0.29, 0.717) is 0 Å². The summed E-state index contributed by atoms with van der Waals surface area (Å²) >= 11 is 0. The molecule has 0 aromatic rings. The third-order valence-corrected chi connectivity index (χ3v) is 3.56. The lowest BCUT2D eigenvalue weighted by Crippen LogP contribution is -2.34. The summed E-state index contributed by atoms with van der Waals surface area (Å²) in [7, 11) is 0. The van der Waals surface area contributed by atoms with E-state index in [0.717, 1.165) is 32.2 Å². The number of nitrogens with two attached hydrogens (primary N) is 1. The average Bonchev–Trinajstić information content (AvgIpc) is 2.57. The van der Waals surface area contributed by atoms with Gasteiger partial charge in [-0.25, -0.2) is 0 Å². The molecule has 0 bridgehead atoms. The molecule has 0 radical (unpaired) electrons. The van der Waals surface area contributed by atoms with Crippen LogP contribution in [0.2, 0.25) is 0 Å². The van der Waals surface area contributed by atoms with Crippen molar-refractivity contribution in [1.82, 2.24) is 5.32 Å². The second-order valence-electron chi connectivity index (χ2n) is 4.94. The van der Waals surface area contributed by atoms with Gasteiger partial charge in [0.25, 0.3) is 0 Å². The largest absolute Gasteiger partial charge is 0.356 e. The summed E-state index contributed by atoms with van der Waals surface area (Å²) in [5, 5.41) is 3.03. The molecule has 3 nitrogen and oxygen atoms in total. The molecule has 94 valence electrons. The van der Waals surface area contributed by atoms with Crippen LogP contribution in [0.3, 0.4) is 0 Å². The quantitative estimate of drug-likeness (QED) is 0.706. The Bertz CT molecular complexity index is 198. The summed E-state index contributed by atoms with van der Waals surface area (Å²) in [5.74, 6) is 0.519. The number of hydrogen-bond donors (Lipinski definition) is 2. The normalized spacial score (nSPS) is 20.1. The molecular weight excluding hydrogens is 200 g/mol. The van der Waals surface area contributed by atoms with Crippen molar-refractivity contribution in [3.05, 3.63) is 0 Å². The van der Waals surface area contributed by atoms with Gasteiger partial charge in [-0.15, -0.1) is 0 Å². The molecule has 0 aliphatic heterocycles. The standard InChI is InChI=1S/C13H26N2O/c1-2-12(14)9-10-15-13(16)11-7-5-3-4-6-8-11/h11-12H,2-10,14H2,1H3,(H,15,16). The van der Waals surface area contributed by atoms with E-state index in [2.05, 4.69) is 12.2 Å². The van der Waals surface area contributed by atoms with E-state index in [1.807, 2.05) is 0 Å². The van der Waals surface area contributed by atoms with Gasteiger partial charge in [-0.1, -0.05) is 32.6 Å². The van der Waals surface area contributed by atoms with E-state index in [4.69, 9.17) is 5.73 Å². The van der Waals surface area contributed by atoms with Crippen molar-refractivity contribution in [3.8, 4) is 0 Å². The van der Waals surface area contributed by atoms with Crippen molar-refractivity contribution in [2.45, 2.75) is 64.3 Å². The molecule has 1 unspecified atom stereocenters. The lowest BCUT2D eigenvalue weighted by Gasteiger charge is -2.15. The topological polar surface area (TPSA) is 55.1 Å². The van der Waals surface area contributed by atoms with E-state index in [9.17, 15) is 4.79 Å². The van der Waals surface area contributed by atoms with E-state index in [1.165, 1.54) is 25.7 Å². The highest BCUT2D eigenvalue weighted by Gasteiger charge is 2.19. The van der Waals surface area contributed by atoms with Crippen LogP contribution in [0.4, 0.5) is 0 Å². The van der Waals surface area contributed by atoms with Crippen LogP contribution in [0.5, 0.6) is 0 Å². The summed E-state index contributed by atoms with van der Waals surface area (Å²) in [6.45, 7) is 2.82. The average molecular weight is 226 g/mol. The van der Waals surface area contributed by atoms with Crippen molar-refractivity contribution in [1.29, 1.82) is 0 Å². The van der Waals surface area contributed by atoms with E-state index in [1.54, 1.807) is 0 Å². The molecule has 0 aromatic carbocycles.